The lowest BCUT2D eigenvalue weighted by atomic mass is 10.1. The first-order valence-electron chi connectivity index (χ1n) is 9.50. The van der Waals surface area contributed by atoms with Crippen LogP contribution in [0, 0.1) is 19.8 Å². The van der Waals surface area contributed by atoms with Gasteiger partial charge in [-0.1, -0.05) is 12.8 Å². The average molecular weight is 346 g/mol. The maximum atomic E-state index is 12.6. The van der Waals surface area contributed by atoms with Crippen molar-refractivity contribution in [2.75, 3.05) is 39.3 Å². The predicted molar refractivity (Wildman–Crippen MR) is 97.6 cm³/mol. The zero-order chi connectivity index (χ0) is 17.8. The Kier molecular flexibility index (Phi) is 5.78. The average Bonchev–Trinajstić information content (AvgIpc) is 3.24. The Hall–Kier alpha value is -1.82. The predicted octanol–water partition coefficient (Wildman–Crippen LogP) is 1.70. The minimum atomic E-state index is 0.0970. The number of piperazine rings is 1. The Morgan fingerprint density at radius 1 is 1.16 bits per heavy atom. The number of nitrogens with one attached hydrogen (secondary N) is 2. The summed E-state index contributed by atoms with van der Waals surface area (Å²) in [5.41, 5.74) is 2.76. The smallest absolute Gasteiger partial charge is 0.270 e. The molecule has 1 aromatic rings. The minimum absolute atomic E-state index is 0.0970. The number of aromatic amines is 1. The molecular formula is C19H30N4O2. The van der Waals surface area contributed by atoms with E-state index in [1.165, 1.54) is 12.8 Å². The van der Waals surface area contributed by atoms with Crippen LogP contribution in [-0.2, 0) is 4.79 Å². The normalized spacial score (nSPS) is 19.4. The van der Waals surface area contributed by atoms with Gasteiger partial charge in [-0.05, 0) is 38.3 Å². The Morgan fingerprint density at radius 3 is 2.44 bits per heavy atom. The second kappa shape index (κ2) is 8.04. The molecule has 1 aliphatic carbocycles. The van der Waals surface area contributed by atoms with Crippen molar-refractivity contribution in [2.45, 2.75) is 39.5 Å². The molecule has 138 valence electrons. The van der Waals surface area contributed by atoms with Crippen molar-refractivity contribution in [3.8, 4) is 0 Å². The fourth-order valence-corrected chi connectivity index (χ4v) is 3.95. The van der Waals surface area contributed by atoms with Crippen LogP contribution in [-0.4, -0.2) is 65.9 Å². The molecule has 2 amide bonds. The van der Waals surface area contributed by atoms with Crippen molar-refractivity contribution >= 4 is 11.8 Å². The van der Waals surface area contributed by atoms with Crippen LogP contribution in [0.4, 0.5) is 0 Å². The number of aryl methyl sites for hydroxylation is 2. The highest BCUT2D eigenvalue weighted by atomic mass is 16.2. The van der Waals surface area contributed by atoms with E-state index < -0.39 is 0 Å². The highest BCUT2D eigenvalue weighted by Crippen LogP contribution is 2.24. The van der Waals surface area contributed by atoms with Crippen LogP contribution >= 0.6 is 0 Å². The molecule has 0 atom stereocenters. The van der Waals surface area contributed by atoms with Crippen molar-refractivity contribution in [2.24, 2.45) is 5.92 Å². The maximum Gasteiger partial charge on any atom is 0.270 e. The van der Waals surface area contributed by atoms with E-state index in [-0.39, 0.29) is 17.7 Å². The molecular weight excluding hydrogens is 316 g/mol. The molecule has 1 aromatic heterocycles. The van der Waals surface area contributed by atoms with Crippen molar-refractivity contribution in [1.82, 2.24) is 20.1 Å². The Morgan fingerprint density at radius 2 is 1.84 bits per heavy atom. The lowest BCUT2D eigenvalue weighted by Crippen LogP contribution is -2.50. The van der Waals surface area contributed by atoms with Gasteiger partial charge in [0, 0.05) is 50.9 Å². The van der Waals surface area contributed by atoms with Crippen LogP contribution in [0.1, 0.15) is 47.4 Å². The first-order chi connectivity index (χ1) is 12.0. The lowest BCUT2D eigenvalue weighted by molar-refractivity contribution is -0.124. The maximum absolute atomic E-state index is 12.6. The molecule has 0 aromatic carbocycles. The van der Waals surface area contributed by atoms with Crippen molar-refractivity contribution in [3.05, 3.63) is 23.0 Å². The monoisotopic (exact) mass is 346 g/mol. The van der Waals surface area contributed by atoms with Gasteiger partial charge < -0.3 is 15.2 Å². The summed E-state index contributed by atoms with van der Waals surface area (Å²) >= 11 is 0. The number of hydrogen-bond acceptors (Lipinski definition) is 3. The standard InChI is InChI=1S/C19H30N4O2/c1-14-13-15(2)21-17(14)19(25)23-11-9-22(10-12-23)8-7-20-18(24)16-5-3-4-6-16/h13,16,21H,3-12H2,1-2H3,(H,20,24). The van der Waals surface area contributed by atoms with E-state index in [0.717, 1.165) is 62.5 Å². The number of carbonyl (C=O) groups excluding carboxylic acids is 2. The highest BCUT2D eigenvalue weighted by molar-refractivity contribution is 5.94. The van der Waals surface area contributed by atoms with Crippen molar-refractivity contribution in [1.29, 1.82) is 0 Å². The molecule has 6 nitrogen and oxygen atoms in total. The van der Waals surface area contributed by atoms with Crippen molar-refractivity contribution in [3.63, 3.8) is 0 Å². The molecule has 1 saturated carbocycles. The van der Waals surface area contributed by atoms with Crippen LogP contribution in [0.5, 0.6) is 0 Å². The van der Waals surface area contributed by atoms with Crippen LogP contribution in [0.15, 0.2) is 6.07 Å². The van der Waals surface area contributed by atoms with E-state index in [4.69, 9.17) is 0 Å². The van der Waals surface area contributed by atoms with Gasteiger partial charge in [-0.15, -0.1) is 0 Å². The first kappa shape index (κ1) is 18.0. The third-order valence-corrected chi connectivity index (χ3v) is 5.48. The summed E-state index contributed by atoms with van der Waals surface area (Å²) in [6, 6.07) is 2.01. The summed E-state index contributed by atoms with van der Waals surface area (Å²) in [4.78, 5) is 32.1. The molecule has 2 aliphatic rings. The minimum Gasteiger partial charge on any atom is -0.355 e. The SMILES string of the molecule is Cc1cc(C)c(C(=O)N2CCN(CCNC(=O)C3CCCC3)CC2)[nH]1. The second-order valence-electron chi connectivity index (χ2n) is 7.42. The van der Waals surface area contributed by atoms with Gasteiger partial charge in [-0.2, -0.15) is 0 Å². The molecule has 0 unspecified atom stereocenters. The summed E-state index contributed by atoms with van der Waals surface area (Å²) in [5, 5.41) is 3.08. The Balaban J connectivity index is 1.39. The number of rotatable bonds is 5. The van der Waals surface area contributed by atoms with Crippen LogP contribution < -0.4 is 5.32 Å². The lowest BCUT2D eigenvalue weighted by Gasteiger charge is -2.34. The van der Waals surface area contributed by atoms with Crippen LogP contribution in [0.2, 0.25) is 0 Å². The molecule has 0 spiro atoms. The van der Waals surface area contributed by atoms with E-state index in [1.807, 2.05) is 24.8 Å². The number of H-pyrrole nitrogens is 1. The summed E-state index contributed by atoms with van der Waals surface area (Å²) in [5.74, 6) is 0.561. The fourth-order valence-electron chi connectivity index (χ4n) is 3.95. The van der Waals surface area contributed by atoms with E-state index in [9.17, 15) is 9.59 Å². The number of hydrogen-bond donors (Lipinski definition) is 2. The highest BCUT2D eigenvalue weighted by Gasteiger charge is 2.25. The van der Waals surface area contributed by atoms with E-state index in [0.29, 0.717) is 6.54 Å². The first-order valence-corrected chi connectivity index (χ1v) is 9.50. The molecule has 2 N–H and O–H groups in total. The Labute approximate surface area is 149 Å². The third kappa shape index (κ3) is 4.42. The molecule has 0 radical (unpaired) electrons. The molecule has 3 rings (SSSR count). The Bertz CT molecular complexity index is 611. The van der Waals surface area contributed by atoms with Gasteiger partial charge >= 0.3 is 0 Å². The van der Waals surface area contributed by atoms with Gasteiger partial charge in [-0.3, -0.25) is 14.5 Å². The second-order valence-corrected chi connectivity index (χ2v) is 7.42. The number of aromatic nitrogens is 1. The van der Waals surface area contributed by atoms with Crippen molar-refractivity contribution < 1.29 is 9.59 Å². The van der Waals surface area contributed by atoms with Gasteiger partial charge in [-0.25, -0.2) is 0 Å². The van der Waals surface area contributed by atoms with E-state index in [1.54, 1.807) is 0 Å². The van der Waals surface area contributed by atoms with Crippen LogP contribution in [0.3, 0.4) is 0 Å². The van der Waals surface area contributed by atoms with E-state index in [2.05, 4.69) is 15.2 Å². The molecule has 2 fully saturated rings. The topological polar surface area (TPSA) is 68.4 Å². The van der Waals surface area contributed by atoms with Gasteiger partial charge in [0.1, 0.15) is 5.69 Å². The summed E-state index contributed by atoms with van der Waals surface area (Å²) in [6.07, 6.45) is 4.47. The molecule has 25 heavy (non-hydrogen) atoms. The van der Waals surface area contributed by atoms with Gasteiger partial charge in [0.05, 0.1) is 0 Å². The zero-order valence-corrected chi connectivity index (χ0v) is 15.4. The molecule has 0 bridgehead atoms. The number of nitrogens with zero attached hydrogens (tertiary/aromatic N) is 2. The molecule has 6 heteroatoms. The zero-order valence-electron chi connectivity index (χ0n) is 15.4. The van der Waals surface area contributed by atoms with Gasteiger partial charge in [0.2, 0.25) is 5.91 Å². The molecule has 1 saturated heterocycles. The molecule has 1 aliphatic heterocycles. The van der Waals surface area contributed by atoms with E-state index >= 15 is 0 Å². The number of amides is 2. The number of carbonyl (C=O) groups is 2. The summed E-state index contributed by atoms with van der Waals surface area (Å²) in [7, 11) is 0. The summed E-state index contributed by atoms with van der Waals surface area (Å²) < 4.78 is 0. The fraction of sp³-hybridized carbons (Fsp3) is 0.684. The largest absolute Gasteiger partial charge is 0.355 e. The van der Waals surface area contributed by atoms with Gasteiger partial charge in [0.15, 0.2) is 0 Å². The quantitative estimate of drug-likeness (QED) is 0.853. The van der Waals surface area contributed by atoms with Gasteiger partial charge in [0.25, 0.3) is 5.91 Å². The molecule has 2 heterocycles. The van der Waals surface area contributed by atoms with Crippen LogP contribution in [0.25, 0.3) is 0 Å². The summed E-state index contributed by atoms with van der Waals surface area (Å²) in [6.45, 7) is 8.73. The third-order valence-electron chi connectivity index (χ3n) is 5.48.